The van der Waals surface area contributed by atoms with Crippen molar-refractivity contribution in [3.05, 3.63) is 90.1 Å². The van der Waals surface area contributed by atoms with Gasteiger partial charge >= 0.3 is 0 Å². The van der Waals surface area contributed by atoms with Crippen LogP contribution in [0.5, 0.6) is 0 Å². The summed E-state index contributed by atoms with van der Waals surface area (Å²) < 4.78 is 0. The van der Waals surface area contributed by atoms with Gasteiger partial charge in [-0.2, -0.15) is 0 Å². The van der Waals surface area contributed by atoms with E-state index in [0.717, 1.165) is 34.5 Å². The Morgan fingerprint density at radius 3 is 2.28 bits per heavy atom. The van der Waals surface area contributed by atoms with Crippen molar-refractivity contribution in [2.75, 3.05) is 6.54 Å². The molecule has 0 aliphatic heterocycles. The smallest absolute Gasteiger partial charge is 0.270 e. The van der Waals surface area contributed by atoms with Crippen LogP contribution in [-0.2, 0) is 4.79 Å². The van der Waals surface area contributed by atoms with Gasteiger partial charge in [0, 0.05) is 23.4 Å². The van der Waals surface area contributed by atoms with E-state index in [1.165, 1.54) is 0 Å². The third-order valence-electron chi connectivity index (χ3n) is 6.93. The van der Waals surface area contributed by atoms with E-state index in [0.29, 0.717) is 36.6 Å². The topological polar surface area (TPSA) is 100 Å². The van der Waals surface area contributed by atoms with E-state index >= 15 is 0 Å². The molecule has 1 aromatic heterocycles. The number of fused-ring (bicyclic) bond motifs is 2. The highest BCUT2D eigenvalue weighted by Gasteiger charge is 2.27. The molecule has 1 aliphatic carbocycles. The predicted molar refractivity (Wildman–Crippen MR) is 139 cm³/mol. The lowest BCUT2D eigenvalue weighted by molar-refractivity contribution is -0.127. The van der Waals surface area contributed by atoms with Crippen molar-refractivity contribution >= 4 is 39.4 Å². The van der Waals surface area contributed by atoms with Crippen LogP contribution in [0, 0.1) is 11.8 Å². The number of pyridine rings is 1. The number of benzene rings is 3. The van der Waals surface area contributed by atoms with E-state index in [4.69, 9.17) is 0 Å². The summed E-state index contributed by atoms with van der Waals surface area (Å²) in [5.74, 6) is -0.544. The lowest BCUT2D eigenvalue weighted by Gasteiger charge is -2.27. The van der Waals surface area contributed by atoms with Crippen LogP contribution in [0.4, 0.5) is 0 Å². The Bertz CT molecular complexity index is 1420. The summed E-state index contributed by atoms with van der Waals surface area (Å²) in [4.78, 5) is 42.3. The number of hydrogen-bond acceptors (Lipinski definition) is 4. The number of amides is 3. The summed E-state index contributed by atoms with van der Waals surface area (Å²) in [6.07, 6.45) is 3.09. The van der Waals surface area contributed by atoms with Crippen LogP contribution in [0.3, 0.4) is 0 Å². The summed E-state index contributed by atoms with van der Waals surface area (Å²) in [5.41, 5.74) is 6.89. The number of rotatable bonds is 5. The molecule has 0 radical (unpaired) electrons. The molecule has 0 spiro atoms. The zero-order valence-corrected chi connectivity index (χ0v) is 19.9. The Morgan fingerprint density at radius 2 is 1.44 bits per heavy atom. The maximum absolute atomic E-state index is 12.7. The lowest BCUT2D eigenvalue weighted by Crippen LogP contribution is -2.45. The molecular formula is C29H28N4O3. The zero-order chi connectivity index (χ0) is 24.9. The molecule has 3 aromatic carbocycles. The molecule has 1 fully saturated rings. The lowest BCUT2D eigenvalue weighted by atomic mass is 9.81. The molecule has 0 atom stereocenters. The van der Waals surface area contributed by atoms with E-state index in [-0.39, 0.29) is 23.6 Å². The van der Waals surface area contributed by atoms with E-state index in [2.05, 4.69) is 21.2 Å². The number of carbonyl (C=O) groups excluding carboxylic acids is 3. The van der Waals surface area contributed by atoms with Gasteiger partial charge in [0.15, 0.2) is 0 Å². The first-order valence-corrected chi connectivity index (χ1v) is 12.3. The number of hydrogen-bond donors (Lipinski definition) is 3. The van der Waals surface area contributed by atoms with Crippen molar-refractivity contribution in [2.45, 2.75) is 25.7 Å². The molecule has 7 nitrogen and oxygen atoms in total. The highest BCUT2D eigenvalue weighted by molar-refractivity contribution is 6.07. The normalized spacial score (nSPS) is 17.4. The maximum atomic E-state index is 12.7. The fraction of sp³-hybridized carbons (Fsp3) is 0.241. The summed E-state index contributed by atoms with van der Waals surface area (Å²) in [6.45, 7) is 0.555. The van der Waals surface area contributed by atoms with E-state index in [1.54, 1.807) is 12.1 Å². The highest BCUT2D eigenvalue weighted by atomic mass is 16.2. The monoisotopic (exact) mass is 480 g/mol. The predicted octanol–water partition coefficient (Wildman–Crippen LogP) is 4.39. The fourth-order valence-corrected chi connectivity index (χ4v) is 4.86. The highest BCUT2D eigenvalue weighted by Crippen LogP contribution is 2.28. The molecule has 5 rings (SSSR count). The first kappa shape index (κ1) is 23.5. The first-order valence-electron chi connectivity index (χ1n) is 12.3. The first-order chi connectivity index (χ1) is 17.6. The van der Waals surface area contributed by atoms with Gasteiger partial charge in [-0.05, 0) is 60.6 Å². The van der Waals surface area contributed by atoms with Crippen molar-refractivity contribution in [1.29, 1.82) is 0 Å². The molecule has 1 aliphatic rings. The number of para-hydroxylation sites is 1. The van der Waals surface area contributed by atoms with Gasteiger partial charge in [-0.15, -0.1) is 0 Å². The van der Waals surface area contributed by atoms with E-state index in [1.807, 2.05) is 66.7 Å². The van der Waals surface area contributed by atoms with Gasteiger partial charge in [-0.25, -0.2) is 4.98 Å². The molecular weight excluding hydrogens is 452 g/mol. The Kier molecular flexibility index (Phi) is 6.89. The van der Waals surface area contributed by atoms with Gasteiger partial charge in [-0.3, -0.25) is 25.2 Å². The number of carbonyl (C=O) groups is 3. The standard InChI is InChI=1S/C29H28N4O3/c34-27(32-33-28(35)24-10-5-8-20-6-1-3-9-23(20)24)22-14-12-19(13-15-22)18-30-29(36)26-17-16-21-7-2-4-11-25(21)31-26/h1-11,16-17,19,22H,12-15,18H2,(H,30,36)(H,32,34)(H,33,35). The summed E-state index contributed by atoms with van der Waals surface area (Å²) in [6, 6.07) is 24.5. The minimum atomic E-state index is -0.334. The van der Waals surface area contributed by atoms with E-state index in [9.17, 15) is 14.4 Å². The van der Waals surface area contributed by atoms with Crippen molar-refractivity contribution in [3.8, 4) is 0 Å². The minimum Gasteiger partial charge on any atom is -0.350 e. The average molecular weight is 481 g/mol. The second-order valence-corrected chi connectivity index (χ2v) is 9.29. The molecule has 0 bridgehead atoms. The quantitative estimate of drug-likeness (QED) is 0.369. The number of nitrogens with zero attached hydrogens (tertiary/aromatic N) is 1. The van der Waals surface area contributed by atoms with Crippen molar-refractivity contribution < 1.29 is 14.4 Å². The van der Waals surface area contributed by atoms with Gasteiger partial charge in [0.2, 0.25) is 5.91 Å². The Hall–Kier alpha value is -4.26. The van der Waals surface area contributed by atoms with Crippen LogP contribution in [-0.4, -0.2) is 29.3 Å². The third-order valence-corrected chi connectivity index (χ3v) is 6.93. The molecule has 3 N–H and O–H groups in total. The number of nitrogens with one attached hydrogen (secondary N) is 3. The van der Waals surface area contributed by atoms with Gasteiger partial charge < -0.3 is 5.32 Å². The summed E-state index contributed by atoms with van der Waals surface area (Å²) in [5, 5.41) is 5.80. The van der Waals surface area contributed by atoms with Crippen LogP contribution < -0.4 is 16.2 Å². The number of hydrazine groups is 1. The van der Waals surface area contributed by atoms with Crippen LogP contribution in [0.25, 0.3) is 21.7 Å². The van der Waals surface area contributed by atoms with Crippen molar-refractivity contribution in [1.82, 2.24) is 21.2 Å². The van der Waals surface area contributed by atoms with E-state index < -0.39 is 0 Å². The average Bonchev–Trinajstić information content (AvgIpc) is 2.94. The third kappa shape index (κ3) is 5.20. The molecule has 182 valence electrons. The van der Waals surface area contributed by atoms with Crippen LogP contribution in [0.15, 0.2) is 78.9 Å². The second kappa shape index (κ2) is 10.6. The molecule has 36 heavy (non-hydrogen) atoms. The molecule has 7 heteroatoms. The van der Waals surface area contributed by atoms with Crippen molar-refractivity contribution in [2.24, 2.45) is 11.8 Å². The Labute approximate surface area is 209 Å². The fourth-order valence-electron chi connectivity index (χ4n) is 4.86. The van der Waals surface area contributed by atoms with Gasteiger partial charge in [-0.1, -0.05) is 60.7 Å². The van der Waals surface area contributed by atoms with Gasteiger partial charge in [0.1, 0.15) is 5.69 Å². The largest absolute Gasteiger partial charge is 0.350 e. The van der Waals surface area contributed by atoms with Gasteiger partial charge in [0.25, 0.3) is 11.8 Å². The molecule has 0 unspecified atom stereocenters. The van der Waals surface area contributed by atoms with Gasteiger partial charge in [0.05, 0.1) is 5.52 Å². The molecule has 0 saturated heterocycles. The SMILES string of the molecule is O=C(NCC1CCC(C(=O)NNC(=O)c2cccc3ccccc23)CC1)c1ccc2ccccc2n1. The molecule has 1 saturated carbocycles. The molecule has 3 amide bonds. The van der Waals surface area contributed by atoms with Crippen LogP contribution in [0.1, 0.15) is 46.5 Å². The van der Waals surface area contributed by atoms with Crippen LogP contribution >= 0.6 is 0 Å². The number of aromatic nitrogens is 1. The zero-order valence-electron chi connectivity index (χ0n) is 19.9. The van der Waals surface area contributed by atoms with Crippen LogP contribution in [0.2, 0.25) is 0 Å². The second-order valence-electron chi connectivity index (χ2n) is 9.29. The maximum Gasteiger partial charge on any atom is 0.270 e. The molecule has 1 heterocycles. The Morgan fingerprint density at radius 1 is 0.722 bits per heavy atom. The van der Waals surface area contributed by atoms with Crippen molar-refractivity contribution in [3.63, 3.8) is 0 Å². The summed E-state index contributed by atoms with van der Waals surface area (Å²) >= 11 is 0. The summed E-state index contributed by atoms with van der Waals surface area (Å²) in [7, 11) is 0. The minimum absolute atomic E-state index is 0.160. The Balaban J connectivity index is 1.08. The molecule has 4 aromatic rings.